The molecule has 0 radical (unpaired) electrons. The molecule has 1 atom stereocenters. The van der Waals surface area contributed by atoms with Crippen molar-refractivity contribution in [3.05, 3.63) is 46.7 Å². The van der Waals surface area contributed by atoms with Gasteiger partial charge in [0.05, 0.1) is 16.8 Å². The highest BCUT2D eigenvalue weighted by atomic mass is 35.5. The largest absolute Gasteiger partial charge is 0.486 e. The Hall–Kier alpha value is -1.96. The second-order valence-corrected chi connectivity index (χ2v) is 5.89. The van der Waals surface area contributed by atoms with E-state index >= 15 is 0 Å². The van der Waals surface area contributed by atoms with E-state index < -0.39 is 0 Å². The predicted molar refractivity (Wildman–Crippen MR) is 95.7 cm³/mol. The first-order valence-corrected chi connectivity index (χ1v) is 8.29. The maximum absolute atomic E-state index is 5.85. The van der Waals surface area contributed by atoms with Crippen LogP contribution in [0.4, 0.5) is 0 Å². The zero-order valence-corrected chi connectivity index (χ0v) is 15.1. The van der Waals surface area contributed by atoms with Gasteiger partial charge in [-0.15, -0.1) is 23.7 Å². The molecule has 1 N–H and O–H groups in total. The van der Waals surface area contributed by atoms with Gasteiger partial charge in [-0.25, -0.2) is 4.98 Å². The van der Waals surface area contributed by atoms with Crippen LogP contribution in [0.15, 0.2) is 39.7 Å². The Balaban J connectivity index is 0.00000208. The summed E-state index contributed by atoms with van der Waals surface area (Å²) in [7, 11) is 1.91. The van der Waals surface area contributed by atoms with Crippen molar-refractivity contribution in [2.24, 2.45) is 0 Å². The number of benzene rings is 1. The quantitative estimate of drug-likeness (QED) is 0.691. The van der Waals surface area contributed by atoms with Crippen LogP contribution in [-0.4, -0.2) is 28.2 Å². The third-order valence-corrected chi connectivity index (χ3v) is 4.06. The Morgan fingerprint density at radius 1 is 1.33 bits per heavy atom. The molecule has 8 heteroatoms. The summed E-state index contributed by atoms with van der Waals surface area (Å²) >= 11 is 1.55. The lowest BCUT2D eigenvalue weighted by atomic mass is 10.2. The van der Waals surface area contributed by atoms with E-state index in [0.717, 1.165) is 11.3 Å². The molecule has 2 heterocycles. The summed E-state index contributed by atoms with van der Waals surface area (Å²) in [5, 5.41) is 9.16. The van der Waals surface area contributed by atoms with Crippen LogP contribution in [0, 0.1) is 0 Å². The lowest BCUT2D eigenvalue weighted by Crippen LogP contribution is -2.24. The highest BCUT2D eigenvalue weighted by molar-refractivity contribution is 7.07. The fraction of sp³-hybridized carbons (Fsp3) is 0.312. The van der Waals surface area contributed by atoms with Gasteiger partial charge in [0.25, 0.3) is 5.89 Å². The molecule has 0 aliphatic heterocycles. The second kappa shape index (κ2) is 8.77. The number of aromatic nitrogens is 3. The molecular weight excluding hydrogens is 348 g/mol. The van der Waals surface area contributed by atoms with Crippen molar-refractivity contribution in [1.29, 1.82) is 0 Å². The zero-order valence-electron chi connectivity index (χ0n) is 13.4. The number of nitrogens with zero attached hydrogens (tertiary/aromatic N) is 3. The molecule has 0 spiro atoms. The van der Waals surface area contributed by atoms with Crippen LogP contribution in [0.1, 0.15) is 18.4 Å². The first kappa shape index (κ1) is 18.4. The molecule has 0 aliphatic rings. The van der Waals surface area contributed by atoms with Crippen molar-refractivity contribution < 1.29 is 9.26 Å². The molecule has 6 nitrogen and oxygen atoms in total. The lowest BCUT2D eigenvalue weighted by Gasteiger charge is -2.07. The van der Waals surface area contributed by atoms with Crippen molar-refractivity contribution >= 4 is 23.7 Å². The van der Waals surface area contributed by atoms with Gasteiger partial charge in [-0.2, -0.15) is 4.98 Å². The van der Waals surface area contributed by atoms with Gasteiger partial charge in [0.2, 0.25) is 0 Å². The maximum Gasteiger partial charge on any atom is 0.261 e. The van der Waals surface area contributed by atoms with Gasteiger partial charge in [0.15, 0.2) is 5.82 Å². The second-order valence-electron chi connectivity index (χ2n) is 5.17. The van der Waals surface area contributed by atoms with Gasteiger partial charge in [0, 0.05) is 17.8 Å². The number of halogens is 1. The Kier molecular flexibility index (Phi) is 6.72. The van der Waals surface area contributed by atoms with Gasteiger partial charge in [-0.3, -0.25) is 0 Å². The topological polar surface area (TPSA) is 73.1 Å². The van der Waals surface area contributed by atoms with E-state index in [1.165, 1.54) is 0 Å². The van der Waals surface area contributed by atoms with Gasteiger partial charge < -0.3 is 14.6 Å². The number of likely N-dealkylation sites (N-methyl/N-ethyl adjacent to an activating group) is 1. The van der Waals surface area contributed by atoms with Crippen molar-refractivity contribution in [2.75, 3.05) is 7.05 Å². The third-order valence-electron chi connectivity index (χ3n) is 3.43. The first-order valence-electron chi connectivity index (χ1n) is 7.35. The standard InChI is InChI=1S/C16H18N4O2S.ClH/c1-11(17-2)7-15-19-16(22-20-15)13-5-3-4-6-14(13)21-8-12-9-23-10-18-12;/h3-6,9-11,17H,7-8H2,1-2H3;1H. The molecule has 0 saturated carbocycles. The molecule has 128 valence electrons. The van der Waals surface area contributed by atoms with Crippen molar-refractivity contribution in [1.82, 2.24) is 20.4 Å². The summed E-state index contributed by atoms with van der Waals surface area (Å²) in [6.07, 6.45) is 0.710. The molecular formula is C16H19ClN4O2S. The summed E-state index contributed by atoms with van der Waals surface area (Å²) in [6, 6.07) is 7.93. The van der Waals surface area contributed by atoms with E-state index in [1.807, 2.05) is 36.7 Å². The van der Waals surface area contributed by atoms with Crippen LogP contribution >= 0.6 is 23.7 Å². The summed E-state index contributed by atoms with van der Waals surface area (Å²) in [4.78, 5) is 8.68. The summed E-state index contributed by atoms with van der Waals surface area (Å²) in [5.74, 6) is 1.85. The average molecular weight is 367 g/mol. The SMILES string of the molecule is CNC(C)Cc1noc(-c2ccccc2OCc2cscn2)n1.Cl. The van der Waals surface area contributed by atoms with E-state index in [1.54, 1.807) is 16.8 Å². The molecule has 0 saturated heterocycles. The predicted octanol–water partition coefficient (Wildman–Crippen LogP) is 3.34. The molecule has 2 aromatic heterocycles. The molecule has 0 bridgehead atoms. The number of hydrogen-bond acceptors (Lipinski definition) is 7. The molecule has 1 aromatic carbocycles. The Bertz CT molecular complexity index is 748. The highest BCUT2D eigenvalue weighted by Crippen LogP contribution is 2.29. The van der Waals surface area contributed by atoms with Crippen LogP contribution in [0.3, 0.4) is 0 Å². The van der Waals surface area contributed by atoms with Crippen molar-refractivity contribution in [2.45, 2.75) is 26.0 Å². The highest BCUT2D eigenvalue weighted by Gasteiger charge is 2.15. The van der Waals surface area contributed by atoms with Crippen LogP contribution in [0.5, 0.6) is 5.75 Å². The van der Waals surface area contributed by atoms with E-state index in [9.17, 15) is 0 Å². The fourth-order valence-corrected chi connectivity index (χ4v) is 2.59. The van der Waals surface area contributed by atoms with Gasteiger partial charge >= 0.3 is 0 Å². The summed E-state index contributed by atoms with van der Waals surface area (Å²) in [5.41, 5.74) is 3.48. The number of rotatable bonds is 7. The monoisotopic (exact) mass is 366 g/mol. The first-order chi connectivity index (χ1) is 11.3. The molecule has 3 aromatic rings. The number of thiazole rings is 1. The van der Waals surface area contributed by atoms with E-state index in [0.29, 0.717) is 30.5 Å². The number of hydrogen-bond donors (Lipinski definition) is 1. The lowest BCUT2D eigenvalue weighted by molar-refractivity contribution is 0.302. The van der Waals surface area contributed by atoms with Crippen molar-refractivity contribution in [3.63, 3.8) is 0 Å². The summed E-state index contributed by atoms with van der Waals surface area (Å²) < 4.78 is 11.2. The molecule has 1 unspecified atom stereocenters. The maximum atomic E-state index is 5.85. The zero-order chi connectivity index (χ0) is 16.1. The van der Waals surface area contributed by atoms with E-state index in [4.69, 9.17) is 9.26 Å². The van der Waals surface area contributed by atoms with Crippen molar-refractivity contribution in [3.8, 4) is 17.2 Å². The van der Waals surface area contributed by atoms with Gasteiger partial charge in [0.1, 0.15) is 12.4 Å². The molecule has 0 aliphatic carbocycles. The van der Waals surface area contributed by atoms with E-state index in [-0.39, 0.29) is 18.4 Å². The summed E-state index contributed by atoms with van der Waals surface area (Å²) in [6.45, 7) is 2.49. The average Bonchev–Trinajstić information content (AvgIpc) is 3.25. The smallest absolute Gasteiger partial charge is 0.261 e. The molecule has 0 fully saturated rings. The van der Waals surface area contributed by atoms with E-state index in [2.05, 4.69) is 27.4 Å². The number of para-hydroxylation sites is 1. The van der Waals surface area contributed by atoms with Gasteiger partial charge in [-0.05, 0) is 26.1 Å². The Labute approximate surface area is 150 Å². The van der Waals surface area contributed by atoms with Crippen LogP contribution in [-0.2, 0) is 13.0 Å². The number of ether oxygens (including phenoxy) is 1. The normalized spacial score (nSPS) is 11.8. The van der Waals surface area contributed by atoms with Crippen LogP contribution in [0.25, 0.3) is 11.5 Å². The Morgan fingerprint density at radius 2 is 2.17 bits per heavy atom. The number of nitrogens with one attached hydrogen (secondary N) is 1. The minimum Gasteiger partial charge on any atom is -0.486 e. The molecule has 24 heavy (non-hydrogen) atoms. The van der Waals surface area contributed by atoms with Crippen LogP contribution < -0.4 is 10.1 Å². The third kappa shape index (κ3) is 4.53. The fourth-order valence-electron chi connectivity index (χ4n) is 2.05. The minimum absolute atomic E-state index is 0. The van der Waals surface area contributed by atoms with Crippen LogP contribution in [0.2, 0.25) is 0 Å². The Morgan fingerprint density at radius 3 is 2.92 bits per heavy atom. The molecule has 3 rings (SSSR count). The van der Waals surface area contributed by atoms with Gasteiger partial charge in [-0.1, -0.05) is 17.3 Å². The minimum atomic E-state index is 0. The molecule has 0 amide bonds.